The van der Waals surface area contributed by atoms with Crippen molar-refractivity contribution in [3.63, 3.8) is 0 Å². The number of aliphatic carboxylic acids is 1. The molecule has 0 heterocycles. The number of hydrogen-bond acceptors (Lipinski definition) is 5. The molecule has 0 aliphatic heterocycles. The molecular weight excluding hydrogens is 298 g/mol. The molecule has 0 fully saturated rings. The predicted molar refractivity (Wildman–Crippen MR) is 74.4 cm³/mol. The van der Waals surface area contributed by atoms with Gasteiger partial charge in [-0.25, -0.2) is 17.9 Å². The van der Waals surface area contributed by atoms with E-state index in [4.69, 9.17) is 5.11 Å². The Labute approximate surface area is 123 Å². The molecule has 0 aliphatic carbocycles. The van der Waals surface area contributed by atoms with Gasteiger partial charge >= 0.3 is 11.9 Å². The molecule has 0 saturated carbocycles. The Kier molecular flexibility index (Phi) is 5.86. The summed E-state index contributed by atoms with van der Waals surface area (Å²) in [6.07, 6.45) is 0.319. The van der Waals surface area contributed by atoms with E-state index < -0.39 is 27.9 Å². The molecule has 1 rings (SSSR count). The minimum atomic E-state index is -3.81. The van der Waals surface area contributed by atoms with E-state index in [2.05, 4.69) is 9.46 Å². The number of ether oxygens (including phenoxy) is 1. The van der Waals surface area contributed by atoms with Crippen molar-refractivity contribution in [1.29, 1.82) is 0 Å². The molecule has 0 saturated heterocycles. The summed E-state index contributed by atoms with van der Waals surface area (Å²) in [5, 5.41) is 8.88. The van der Waals surface area contributed by atoms with Gasteiger partial charge in [0.1, 0.15) is 0 Å². The van der Waals surface area contributed by atoms with Crippen LogP contribution in [0.2, 0.25) is 0 Å². The second kappa shape index (κ2) is 7.19. The molecule has 0 radical (unpaired) electrons. The van der Waals surface area contributed by atoms with Crippen LogP contribution in [0, 0.1) is 5.92 Å². The van der Waals surface area contributed by atoms with Crippen LogP contribution in [0.25, 0.3) is 0 Å². The Hall–Kier alpha value is -1.93. The molecule has 1 aromatic carbocycles. The monoisotopic (exact) mass is 315 g/mol. The number of carbonyl (C=O) groups is 2. The van der Waals surface area contributed by atoms with E-state index in [1.54, 1.807) is 6.92 Å². The van der Waals surface area contributed by atoms with Crippen LogP contribution in [0.3, 0.4) is 0 Å². The number of carboxylic acid groups (broad SMARTS) is 1. The van der Waals surface area contributed by atoms with Crippen molar-refractivity contribution in [2.45, 2.75) is 18.2 Å². The maximum Gasteiger partial charge on any atom is 0.337 e. The van der Waals surface area contributed by atoms with Gasteiger partial charge in [-0.1, -0.05) is 6.92 Å². The van der Waals surface area contributed by atoms with Gasteiger partial charge in [0.05, 0.1) is 23.5 Å². The third-order valence-electron chi connectivity index (χ3n) is 2.95. The van der Waals surface area contributed by atoms with Gasteiger partial charge in [0, 0.05) is 6.54 Å². The Morgan fingerprint density at radius 2 is 1.86 bits per heavy atom. The molecule has 0 aromatic heterocycles. The van der Waals surface area contributed by atoms with Crippen molar-refractivity contribution < 1.29 is 27.9 Å². The molecule has 1 aromatic rings. The third kappa shape index (κ3) is 4.54. The summed E-state index contributed by atoms with van der Waals surface area (Å²) >= 11 is 0. The summed E-state index contributed by atoms with van der Waals surface area (Å²) in [7, 11) is -2.59. The van der Waals surface area contributed by atoms with E-state index in [-0.39, 0.29) is 17.0 Å². The molecule has 0 amide bonds. The average Bonchev–Trinajstić information content (AvgIpc) is 2.46. The van der Waals surface area contributed by atoms with E-state index in [9.17, 15) is 18.0 Å². The van der Waals surface area contributed by atoms with Crippen molar-refractivity contribution in [3.05, 3.63) is 29.8 Å². The number of hydrogen-bond donors (Lipinski definition) is 2. The lowest BCUT2D eigenvalue weighted by Crippen LogP contribution is -2.32. The van der Waals surface area contributed by atoms with Crippen molar-refractivity contribution >= 4 is 22.0 Å². The molecular formula is C13H17NO6S. The molecule has 8 heteroatoms. The number of nitrogens with one attached hydrogen (secondary N) is 1. The summed E-state index contributed by atoms with van der Waals surface area (Å²) in [4.78, 5) is 22.1. The summed E-state index contributed by atoms with van der Waals surface area (Å²) in [6.45, 7) is 1.48. The molecule has 0 spiro atoms. The summed E-state index contributed by atoms with van der Waals surface area (Å²) in [5.74, 6) is -2.40. The van der Waals surface area contributed by atoms with E-state index in [0.717, 1.165) is 0 Å². The van der Waals surface area contributed by atoms with Gasteiger partial charge in [-0.2, -0.15) is 0 Å². The molecule has 2 N–H and O–H groups in total. The number of methoxy groups -OCH3 is 1. The van der Waals surface area contributed by atoms with Gasteiger partial charge in [0.25, 0.3) is 0 Å². The van der Waals surface area contributed by atoms with E-state index in [1.165, 1.54) is 31.4 Å². The molecule has 1 atom stereocenters. The third-order valence-corrected chi connectivity index (χ3v) is 4.39. The Bertz CT molecular complexity index is 608. The van der Waals surface area contributed by atoms with Crippen LogP contribution in [0.1, 0.15) is 23.7 Å². The minimum Gasteiger partial charge on any atom is -0.481 e. The molecule has 0 bridgehead atoms. The van der Waals surface area contributed by atoms with Crippen LogP contribution in [0.15, 0.2) is 29.2 Å². The Balaban J connectivity index is 2.83. The van der Waals surface area contributed by atoms with E-state index in [1.807, 2.05) is 0 Å². The highest BCUT2D eigenvalue weighted by molar-refractivity contribution is 7.89. The topological polar surface area (TPSA) is 110 Å². The fraction of sp³-hybridized carbons (Fsp3) is 0.385. The second-order valence-corrected chi connectivity index (χ2v) is 6.08. The highest BCUT2D eigenvalue weighted by Crippen LogP contribution is 2.12. The number of carbonyl (C=O) groups excluding carboxylic acids is 1. The van der Waals surface area contributed by atoms with Crippen molar-refractivity contribution in [3.8, 4) is 0 Å². The van der Waals surface area contributed by atoms with Crippen molar-refractivity contribution in [1.82, 2.24) is 4.72 Å². The summed E-state index contributed by atoms with van der Waals surface area (Å²) < 4.78 is 30.8. The number of esters is 1. The Morgan fingerprint density at radius 3 is 2.29 bits per heavy atom. The van der Waals surface area contributed by atoms with Gasteiger partial charge in [0.2, 0.25) is 10.0 Å². The zero-order chi connectivity index (χ0) is 16.0. The quantitative estimate of drug-likeness (QED) is 0.722. The first-order valence-corrected chi connectivity index (χ1v) is 7.71. The first-order chi connectivity index (χ1) is 9.81. The number of sulfonamides is 1. The highest BCUT2D eigenvalue weighted by Gasteiger charge is 2.20. The van der Waals surface area contributed by atoms with Gasteiger partial charge < -0.3 is 9.84 Å². The molecule has 1 unspecified atom stereocenters. The van der Waals surface area contributed by atoms with Gasteiger partial charge in [-0.15, -0.1) is 0 Å². The summed E-state index contributed by atoms with van der Waals surface area (Å²) in [6, 6.07) is 5.18. The minimum absolute atomic E-state index is 0.0459. The lowest BCUT2D eigenvalue weighted by atomic mass is 10.1. The van der Waals surface area contributed by atoms with Crippen LogP contribution in [-0.4, -0.2) is 39.1 Å². The van der Waals surface area contributed by atoms with Crippen molar-refractivity contribution in [2.75, 3.05) is 13.7 Å². The normalized spacial score (nSPS) is 12.7. The molecule has 7 nitrogen and oxygen atoms in total. The number of benzene rings is 1. The fourth-order valence-corrected chi connectivity index (χ4v) is 2.67. The predicted octanol–water partition coefficient (Wildman–Crippen LogP) is 0.862. The lowest BCUT2D eigenvalue weighted by molar-refractivity contribution is -0.141. The Morgan fingerprint density at radius 1 is 1.29 bits per heavy atom. The zero-order valence-electron chi connectivity index (χ0n) is 11.7. The number of rotatable bonds is 7. The van der Waals surface area contributed by atoms with Crippen LogP contribution in [0.4, 0.5) is 0 Å². The van der Waals surface area contributed by atoms with E-state index in [0.29, 0.717) is 6.42 Å². The van der Waals surface area contributed by atoms with Gasteiger partial charge in [0.15, 0.2) is 0 Å². The first kappa shape index (κ1) is 17.1. The van der Waals surface area contributed by atoms with Crippen LogP contribution < -0.4 is 4.72 Å². The van der Waals surface area contributed by atoms with E-state index >= 15 is 0 Å². The first-order valence-electron chi connectivity index (χ1n) is 6.22. The molecule has 116 valence electrons. The highest BCUT2D eigenvalue weighted by atomic mass is 32.2. The zero-order valence-corrected chi connectivity index (χ0v) is 12.5. The van der Waals surface area contributed by atoms with Crippen LogP contribution in [0.5, 0.6) is 0 Å². The fourth-order valence-electron chi connectivity index (χ4n) is 1.59. The smallest absolute Gasteiger partial charge is 0.337 e. The average molecular weight is 315 g/mol. The van der Waals surface area contributed by atoms with Crippen LogP contribution >= 0.6 is 0 Å². The molecule has 21 heavy (non-hydrogen) atoms. The molecule has 0 aliphatic rings. The maximum absolute atomic E-state index is 12.0. The van der Waals surface area contributed by atoms with Gasteiger partial charge in [-0.05, 0) is 30.7 Å². The van der Waals surface area contributed by atoms with Gasteiger partial charge in [-0.3, -0.25) is 4.79 Å². The maximum atomic E-state index is 12.0. The van der Waals surface area contributed by atoms with Crippen LogP contribution in [-0.2, 0) is 19.6 Å². The lowest BCUT2D eigenvalue weighted by Gasteiger charge is -2.11. The largest absolute Gasteiger partial charge is 0.481 e. The van der Waals surface area contributed by atoms with Crippen molar-refractivity contribution in [2.24, 2.45) is 5.92 Å². The number of carboxylic acids is 1. The summed E-state index contributed by atoms with van der Waals surface area (Å²) in [5.41, 5.74) is 0.230. The second-order valence-electron chi connectivity index (χ2n) is 4.31. The SMILES string of the molecule is CCC(CNS(=O)(=O)c1ccc(C(=O)OC)cc1)C(=O)O. The standard InChI is InChI=1S/C13H17NO6S/c1-3-9(12(15)16)8-14-21(18,19)11-6-4-10(5-7-11)13(17)20-2/h4-7,9,14H,3,8H2,1-2H3,(H,15,16).